The molecule has 0 N–H and O–H groups in total. The van der Waals surface area contributed by atoms with Gasteiger partial charge in [-0.2, -0.15) is 0 Å². The van der Waals surface area contributed by atoms with Crippen LogP contribution in [0.4, 0.5) is 17.1 Å². The maximum atomic E-state index is 6.38. The van der Waals surface area contributed by atoms with E-state index in [1.807, 2.05) is 36.4 Å². The molecular weight excluding hydrogens is 478 g/mol. The topological polar surface area (TPSA) is 29.5 Å². The van der Waals surface area contributed by atoms with Crippen molar-refractivity contribution in [1.82, 2.24) is 0 Å². The van der Waals surface area contributed by atoms with Crippen LogP contribution in [0.2, 0.25) is 0 Å². The molecule has 0 aliphatic carbocycles. The van der Waals surface area contributed by atoms with Crippen molar-refractivity contribution in [3.8, 4) is 11.1 Å². The summed E-state index contributed by atoms with van der Waals surface area (Å²) < 4.78 is 12.6. The molecule has 3 nitrogen and oxygen atoms in total. The van der Waals surface area contributed by atoms with Gasteiger partial charge in [0.25, 0.3) is 0 Å². The molecule has 0 saturated heterocycles. The predicted molar refractivity (Wildman–Crippen MR) is 161 cm³/mol. The van der Waals surface area contributed by atoms with E-state index >= 15 is 0 Å². The fourth-order valence-electron chi connectivity index (χ4n) is 5.73. The molecule has 2 aromatic heterocycles. The first-order valence-electron chi connectivity index (χ1n) is 13.1. The van der Waals surface area contributed by atoms with Crippen LogP contribution < -0.4 is 4.90 Å². The average Bonchev–Trinajstić information content (AvgIpc) is 3.57. The van der Waals surface area contributed by atoms with E-state index < -0.39 is 0 Å². The number of hydrogen-bond donors (Lipinski definition) is 0. The summed E-state index contributed by atoms with van der Waals surface area (Å²) in [7, 11) is 0. The lowest BCUT2D eigenvalue weighted by atomic mass is 10.0. The van der Waals surface area contributed by atoms with Crippen LogP contribution in [0.15, 0.2) is 148 Å². The molecule has 0 saturated carbocycles. The molecule has 3 heteroatoms. The quantitative estimate of drug-likeness (QED) is 0.240. The molecule has 0 bridgehead atoms. The van der Waals surface area contributed by atoms with Gasteiger partial charge >= 0.3 is 0 Å². The van der Waals surface area contributed by atoms with Crippen molar-refractivity contribution in [2.45, 2.75) is 0 Å². The van der Waals surface area contributed by atoms with Crippen LogP contribution in [0.25, 0.3) is 55.0 Å². The summed E-state index contributed by atoms with van der Waals surface area (Å²) in [6.45, 7) is 0. The van der Waals surface area contributed by atoms with Crippen LogP contribution in [0, 0.1) is 0 Å². The molecule has 0 aliphatic heterocycles. The van der Waals surface area contributed by atoms with Crippen molar-refractivity contribution in [2.75, 3.05) is 4.90 Å². The summed E-state index contributed by atoms with van der Waals surface area (Å²) >= 11 is 0. The molecule has 39 heavy (non-hydrogen) atoms. The molecular formula is C36H23NO2. The Balaban J connectivity index is 1.37. The van der Waals surface area contributed by atoms with Gasteiger partial charge in [0.15, 0.2) is 0 Å². The Morgan fingerprint density at radius 2 is 1.08 bits per heavy atom. The van der Waals surface area contributed by atoms with Crippen molar-refractivity contribution < 1.29 is 8.83 Å². The van der Waals surface area contributed by atoms with Crippen LogP contribution in [0.1, 0.15) is 0 Å². The summed E-state index contributed by atoms with van der Waals surface area (Å²) in [5, 5.41) is 4.46. The van der Waals surface area contributed by atoms with E-state index in [1.54, 1.807) is 0 Å². The van der Waals surface area contributed by atoms with Crippen molar-refractivity contribution >= 4 is 60.9 Å². The second kappa shape index (κ2) is 8.64. The molecule has 0 spiro atoms. The van der Waals surface area contributed by atoms with Gasteiger partial charge in [0.1, 0.15) is 22.3 Å². The van der Waals surface area contributed by atoms with Gasteiger partial charge in [-0.3, -0.25) is 0 Å². The number of nitrogens with zero attached hydrogens (tertiary/aromatic N) is 1. The van der Waals surface area contributed by atoms with Crippen molar-refractivity contribution in [2.24, 2.45) is 0 Å². The molecule has 8 aromatic rings. The zero-order valence-corrected chi connectivity index (χ0v) is 21.0. The van der Waals surface area contributed by atoms with Crippen molar-refractivity contribution in [1.29, 1.82) is 0 Å². The van der Waals surface area contributed by atoms with Crippen molar-refractivity contribution in [3.63, 3.8) is 0 Å². The zero-order valence-electron chi connectivity index (χ0n) is 21.0. The molecule has 6 aromatic carbocycles. The minimum Gasteiger partial charge on any atom is -0.456 e. The third-order valence-electron chi connectivity index (χ3n) is 7.46. The third kappa shape index (κ3) is 3.44. The Bertz CT molecular complexity index is 2140. The molecule has 0 unspecified atom stereocenters. The van der Waals surface area contributed by atoms with Gasteiger partial charge in [0, 0.05) is 33.1 Å². The molecule has 184 valence electrons. The summed E-state index contributed by atoms with van der Waals surface area (Å²) in [5.41, 5.74) is 8.95. The summed E-state index contributed by atoms with van der Waals surface area (Å²) in [6.07, 6.45) is 0. The van der Waals surface area contributed by atoms with Crippen LogP contribution in [-0.4, -0.2) is 0 Å². The van der Waals surface area contributed by atoms with Crippen LogP contribution >= 0.6 is 0 Å². The van der Waals surface area contributed by atoms with Gasteiger partial charge in [0.2, 0.25) is 0 Å². The third-order valence-corrected chi connectivity index (χ3v) is 7.46. The van der Waals surface area contributed by atoms with E-state index in [4.69, 9.17) is 8.83 Å². The lowest BCUT2D eigenvalue weighted by Crippen LogP contribution is -2.10. The van der Waals surface area contributed by atoms with E-state index in [2.05, 4.69) is 108 Å². The largest absolute Gasteiger partial charge is 0.456 e. The van der Waals surface area contributed by atoms with E-state index in [0.717, 1.165) is 72.1 Å². The van der Waals surface area contributed by atoms with Crippen LogP contribution in [0.3, 0.4) is 0 Å². The summed E-state index contributed by atoms with van der Waals surface area (Å²) in [6, 6.07) is 48.3. The highest BCUT2D eigenvalue weighted by molar-refractivity contribution is 6.13. The first kappa shape index (κ1) is 21.8. The van der Waals surface area contributed by atoms with Gasteiger partial charge < -0.3 is 13.7 Å². The Labute approximate surface area is 225 Å². The molecule has 8 rings (SSSR count). The minimum atomic E-state index is 0.873. The molecule has 0 atom stereocenters. The predicted octanol–water partition coefficient (Wildman–Crippen LogP) is 10.6. The highest BCUT2D eigenvalue weighted by Crippen LogP contribution is 2.44. The minimum absolute atomic E-state index is 0.873. The van der Waals surface area contributed by atoms with E-state index in [1.165, 1.54) is 0 Å². The van der Waals surface area contributed by atoms with Gasteiger partial charge in [0.05, 0.1) is 11.1 Å². The molecule has 0 amide bonds. The maximum absolute atomic E-state index is 6.38. The average molecular weight is 502 g/mol. The van der Waals surface area contributed by atoms with Gasteiger partial charge in [-0.1, -0.05) is 91.0 Å². The van der Waals surface area contributed by atoms with Crippen molar-refractivity contribution in [3.05, 3.63) is 140 Å². The van der Waals surface area contributed by atoms with Gasteiger partial charge in [-0.15, -0.1) is 0 Å². The van der Waals surface area contributed by atoms with E-state index in [-0.39, 0.29) is 0 Å². The van der Waals surface area contributed by atoms with Gasteiger partial charge in [-0.25, -0.2) is 0 Å². The van der Waals surface area contributed by atoms with Gasteiger partial charge in [-0.05, 0) is 54.1 Å². The number of hydrogen-bond acceptors (Lipinski definition) is 3. The highest BCUT2D eigenvalue weighted by Gasteiger charge is 2.20. The number of para-hydroxylation sites is 4. The Morgan fingerprint density at radius 1 is 0.436 bits per heavy atom. The smallest absolute Gasteiger partial charge is 0.143 e. The van der Waals surface area contributed by atoms with E-state index in [0.29, 0.717) is 0 Å². The Kier molecular flexibility index (Phi) is 4.82. The van der Waals surface area contributed by atoms with Crippen LogP contribution in [-0.2, 0) is 0 Å². The second-order valence-corrected chi connectivity index (χ2v) is 9.75. The monoisotopic (exact) mass is 501 g/mol. The summed E-state index contributed by atoms with van der Waals surface area (Å²) in [4.78, 5) is 2.31. The van der Waals surface area contributed by atoms with E-state index in [9.17, 15) is 0 Å². The molecule has 2 heterocycles. The SMILES string of the molecule is c1ccc(N(c2cccc(-c3cccc4c3oc3ccccc34)c2)c2cccc3oc4ccccc4c23)cc1. The standard InChI is InChI=1S/C36H23NO2/c1-2-12-25(13-3-1)37(31-19-10-22-34-35(31)30-16-5-7-21-33(30)38-34)26-14-8-11-24(23-26)27-17-9-18-29-28-15-4-6-20-32(28)39-36(27)29/h1-23H. The number of fused-ring (bicyclic) bond motifs is 6. The molecule has 0 radical (unpaired) electrons. The Hall–Kier alpha value is -5.28. The normalized spacial score (nSPS) is 11.6. The number of furan rings is 2. The number of benzene rings is 6. The first-order valence-corrected chi connectivity index (χ1v) is 13.1. The maximum Gasteiger partial charge on any atom is 0.143 e. The molecule has 0 aliphatic rings. The lowest BCUT2D eigenvalue weighted by Gasteiger charge is -2.26. The second-order valence-electron chi connectivity index (χ2n) is 9.75. The number of anilines is 3. The molecule has 0 fully saturated rings. The summed E-state index contributed by atoms with van der Waals surface area (Å²) in [5.74, 6) is 0. The Morgan fingerprint density at radius 3 is 1.95 bits per heavy atom. The fourth-order valence-corrected chi connectivity index (χ4v) is 5.73. The number of rotatable bonds is 4. The fraction of sp³-hybridized carbons (Fsp3) is 0. The first-order chi connectivity index (χ1) is 19.3. The highest BCUT2D eigenvalue weighted by atomic mass is 16.3. The lowest BCUT2D eigenvalue weighted by molar-refractivity contribution is 0.669. The zero-order chi connectivity index (χ0) is 25.8. The van der Waals surface area contributed by atoms with Crippen LogP contribution in [0.5, 0.6) is 0 Å².